The largest absolute Gasteiger partial charge is 0.352 e. The third-order valence-electron chi connectivity index (χ3n) is 2.43. The van der Waals surface area contributed by atoms with E-state index < -0.39 is 10.8 Å². The molecule has 0 radical (unpaired) electrons. The number of hydrogen-bond donors (Lipinski definition) is 1. The van der Waals surface area contributed by atoms with Crippen LogP contribution in [0.1, 0.15) is 13.3 Å². The molecule has 108 valence electrons. The highest BCUT2D eigenvalue weighted by Crippen LogP contribution is 2.10. The standard InChI is InChI=1S/C10H14ClN7OS/c1-7(3-4-20(2)19)14-9-15-8(11)16-10(17-9)18-6-12-5-13-18/h5-7H,3-4H2,1-2H3,(H,14,15,16,17). The molecular formula is C10H14ClN7OS. The summed E-state index contributed by atoms with van der Waals surface area (Å²) in [5, 5.41) is 7.10. The van der Waals surface area contributed by atoms with Crippen LogP contribution in [0, 0.1) is 0 Å². The van der Waals surface area contributed by atoms with Crippen LogP contribution in [0.3, 0.4) is 0 Å². The third-order valence-corrected chi connectivity index (χ3v) is 3.41. The molecule has 0 aliphatic carbocycles. The van der Waals surface area contributed by atoms with Gasteiger partial charge in [0.05, 0.1) is 0 Å². The molecule has 0 spiro atoms. The lowest BCUT2D eigenvalue weighted by atomic mass is 10.3. The van der Waals surface area contributed by atoms with E-state index in [4.69, 9.17) is 11.6 Å². The van der Waals surface area contributed by atoms with E-state index in [2.05, 4.69) is 30.4 Å². The normalized spacial score (nSPS) is 13.9. The molecule has 0 aliphatic heterocycles. The van der Waals surface area contributed by atoms with Gasteiger partial charge in [0.1, 0.15) is 12.7 Å². The van der Waals surface area contributed by atoms with Crippen molar-refractivity contribution in [2.75, 3.05) is 17.3 Å². The highest BCUT2D eigenvalue weighted by atomic mass is 35.5. The van der Waals surface area contributed by atoms with Gasteiger partial charge in [0.25, 0.3) is 5.95 Å². The predicted octanol–water partition coefficient (Wildman–Crippen LogP) is 0.675. The van der Waals surface area contributed by atoms with Gasteiger partial charge in [0.15, 0.2) is 0 Å². The topological polar surface area (TPSA) is 98.5 Å². The summed E-state index contributed by atoms with van der Waals surface area (Å²) in [6, 6.07) is 0.0703. The lowest BCUT2D eigenvalue weighted by molar-refractivity contribution is 0.677. The van der Waals surface area contributed by atoms with Crippen molar-refractivity contribution in [2.45, 2.75) is 19.4 Å². The summed E-state index contributed by atoms with van der Waals surface area (Å²) in [4.78, 5) is 16.0. The number of anilines is 1. The van der Waals surface area contributed by atoms with Crippen molar-refractivity contribution in [1.29, 1.82) is 0 Å². The Morgan fingerprint density at radius 1 is 1.45 bits per heavy atom. The lowest BCUT2D eigenvalue weighted by Gasteiger charge is -2.13. The van der Waals surface area contributed by atoms with Gasteiger partial charge in [-0.1, -0.05) is 0 Å². The van der Waals surface area contributed by atoms with E-state index in [0.717, 1.165) is 6.42 Å². The van der Waals surface area contributed by atoms with Gasteiger partial charge in [-0.05, 0) is 24.9 Å². The van der Waals surface area contributed by atoms with E-state index in [1.807, 2.05) is 6.92 Å². The molecule has 10 heteroatoms. The highest BCUT2D eigenvalue weighted by molar-refractivity contribution is 7.84. The van der Waals surface area contributed by atoms with Gasteiger partial charge in [0, 0.05) is 28.9 Å². The van der Waals surface area contributed by atoms with E-state index in [9.17, 15) is 4.21 Å². The molecule has 0 bridgehead atoms. The van der Waals surface area contributed by atoms with Crippen molar-refractivity contribution >= 4 is 28.3 Å². The zero-order valence-electron chi connectivity index (χ0n) is 11.0. The van der Waals surface area contributed by atoms with E-state index >= 15 is 0 Å². The van der Waals surface area contributed by atoms with Crippen LogP contribution < -0.4 is 5.32 Å². The third kappa shape index (κ3) is 4.20. The SMILES string of the molecule is CC(CCS(C)=O)Nc1nc(Cl)nc(-n2cncn2)n1. The summed E-state index contributed by atoms with van der Waals surface area (Å²) in [6.45, 7) is 1.96. The van der Waals surface area contributed by atoms with Gasteiger partial charge >= 0.3 is 0 Å². The van der Waals surface area contributed by atoms with Crippen molar-refractivity contribution in [2.24, 2.45) is 0 Å². The van der Waals surface area contributed by atoms with E-state index in [0.29, 0.717) is 11.7 Å². The second-order valence-electron chi connectivity index (χ2n) is 4.18. The van der Waals surface area contributed by atoms with Crippen LogP contribution >= 0.6 is 11.6 Å². The minimum atomic E-state index is -0.819. The average Bonchev–Trinajstić information content (AvgIpc) is 2.89. The van der Waals surface area contributed by atoms with Gasteiger partial charge in [0.2, 0.25) is 11.2 Å². The Morgan fingerprint density at radius 3 is 2.90 bits per heavy atom. The molecule has 2 aromatic heterocycles. The highest BCUT2D eigenvalue weighted by Gasteiger charge is 2.10. The van der Waals surface area contributed by atoms with Crippen LogP contribution in [-0.2, 0) is 10.8 Å². The maximum atomic E-state index is 11.1. The molecule has 0 aromatic carbocycles. The first kappa shape index (κ1) is 14.8. The Labute approximate surface area is 123 Å². The number of nitrogens with one attached hydrogen (secondary N) is 1. The molecule has 1 N–H and O–H groups in total. The van der Waals surface area contributed by atoms with E-state index in [-0.39, 0.29) is 17.3 Å². The summed E-state index contributed by atoms with van der Waals surface area (Å²) >= 11 is 5.87. The monoisotopic (exact) mass is 315 g/mol. The summed E-state index contributed by atoms with van der Waals surface area (Å²) in [7, 11) is -0.819. The van der Waals surface area contributed by atoms with Crippen molar-refractivity contribution in [3.63, 3.8) is 0 Å². The van der Waals surface area contributed by atoms with Crippen LogP contribution in [0.4, 0.5) is 5.95 Å². The first-order valence-electron chi connectivity index (χ1n) is 5.87. The van der Waals surface area contributed by atoms with Gasteiger partial charge in [-0.3, -0.25) is 4.21 Å². The van der Waals surface area contributed by atoms with E-state index in [1.54, 1.807) is 6.26 Å². The molecule has 0 amide bonds. The Kier molecular flexibility index (Phi) is 4.96. The Hall–Kier alpha value is -1.61. The van der Waals surface area contributed by atoms with Crippen molar-refractivity contribution < 1.29 is 4.21 Å². The molecule has 0 aliphatic rings. The zero-order chi connectivity index (χ0) is 14.5. The quantitative estimate of drug-likeness (QED) is 0.836. The molecular weight excluding hydrogens is 302 g/mol. The first-order valence-corrected chi connectivity index (χ1v) is 7.98. The first-order chi connectivity index (χ1) is 9.54. The van der Waals surface area contributed by atoms with E-state index in [1.165, 1.54) is 17.3 Å². The number of nitrogens with zero attached hydrogens (tertiary/aromatic N) is 6. The molecule has 0 saturated carbocycles. The maximum absolute atomic E-state index is 11.1. The number of halogens is 1. The Bertz CT molecular complexity index is 591. The second-order valence-corrected chi connectivity index (χ2v) is 6.07. The van der Waals surface area contributed by atoms with Crippen LogP contribution in [-0.4, -0.2) is 52.0 Å². The molecule has 0 saturated heterocycles. The molecule has 2 unspecified atom stereocenters. The van der Waals surface area contributed by atoms with Crippen LogP contribution in [0.5, 0.6) is 0 Å². The second kappa shape index (κ2) is 6.71. The summed E-state index contributed by atoms with van der Waals surface area (Å²) in [5.41, 5.74) is 0. The maximum Gasteiger partial charge on any atom is 0.258 e. The van der Waals surface area contributed by atoms with Crippen LogP contribution in [0.2, 0.25) is 5.28 Å². The van der Waals surface area contributed by atoms with Crippen molar-refractivity contribution in [3.05, 3.63) is 17.9 Å². The van der Waals surface area contributed by atoms with Gasteiger partial charge < -0.3 is 5.32 Å². The van der Waals surface area contributed by atoms with Crippen LogP contribution in [0.15, 0.2) is 12.7 Å². The number of hydrogen-bond acceptors (Lipinski definition) is 7. The molecule has 2 aromatic rings. The average molecular weight is 316 g/mol. The smallest absolute Gasteiger partial charge is 0.258 e. The fraction of sp³-hybridized carbons (Fsp3) is 0.500. The summed E-state index contributed by atoms with van der Waals surface area (Å²) in [5.74, 6) is 1.25. The molecule has 0 fully saturated rings. The predicted molar refractivity (Wildman–Crippen MR) is 76.4 cm³/mol. The number of aromatic nitrogens is 6. The van der Waals surface area contributed by atoms with Gasteiger partial charge in [-0.25, -0.2) is 4.98 Å². The lowest BCUT2D eigenvalue weighted by Crippen LogP contribution is -2.20. The van der Waals surface area contributed by atoms with Gasteiger partial charge in [-0.2, -0.15) is 24.7 Å². The van der Waals surface area contributed by atoms with Crippen LogP contribution in [0.25, 0.3) is 5.95 Å². The fourth-order valence-corrected chi connectivity index (χ4v) is 2.29. The minimum absolute atomic E-state index is 0.0688. The summed E-state index contributed by atoms with van der Waals surface area (Å²) in [6.07, 6.45) is 5.27. The van der Waals surface area contributed by atoms with Crippen molar-refractivity contribution in [1.82, 2.24) is 29.7 Å². The molecule has 20 heavy (non-hydrogen) atoms. The Balaban J connectivity index is 2.10. The molecule has 2 heterocycles. The zero-order valence-corrected chi connectivity index (χ0v) is 12.6. The molecule has 2 atom stereocenters. The van der Waals surface area contributed by atoms with Crippen molar-refractivity contribution in [3.8, 4) is 5.95 Å². The number of rotatable bonds is 6. The van der Waals surface area contributed by atoms with Gasteiger partial charge in [-0.15, -0.1) is 0 Å². The molecule has 2 rings (SSSR count). The Morgan fingerprint density at radius 2 is 2.25 bits per heavy atom. The minimum Gasteiger partial charge on any atom is -0.352 e. The summed E-state index contributed by atoms with van der Waals surface area (Å²) < 4.78 is 12.5. The fourth-order valence-electron chi connectivity index (χ4n) is 1.45. The molecule has 8 nitrogen and oxygen atoms in total.